The van der Waals surface area contributed by atoms with Gasteiger partial charge in [0.2, 0.25) is 0 Å². The highest BCUT2D eigenvalue weighted by atomic mass is 16.5. The molecule has 1 aliphatic rings. The van der Waals surface area contributed by atoms with Gasteiger partial charge in [-0.1, -0.05) is 30.3 Å². The first-order chi connectivity index (χ1) is 11.2. The molecule has 1 unspecified atom stereocenters. The smallest absolute Gasteiger partial charge is 0.164 e. The molecule has 0 amide bonds. The molecule has 2 aromatic rings. The highest BCUT2D eigenvalue weighted by Crippen LogP contribution is 2.43. The zero-order chi connectivity index (χ0) is 16.4. The van der Waals surface area contributed by atoms with Crippen LogP contribution in [0.5, 0.6) is 11.5 Å². The molecule has 1 atom stereocenters. The molecule has 0 spiro atoms. The summed E-state index contributed by atoms with van der Waals surface area (Å²) in [6, 6.07) is 13.2. The van der Waals surface area contributed by atoms with Gasteiger partial charge < -0.3 is 14.4 Å². The van der Waals surface area contributed by atoms with Crippen molar-refractivity contribution in [2.24, 2.45) is 0 Å². The molecule has 0 saturated heterocycles. The van der Waals surface area contributed by atoms with Gasteiger partial charge in [-0.3, -0.25) is 0 Å². The van der Waals surface area contributed by atoms with E-state index in [0.717, 1.165) is 24.3 Å². The standard InChI is InChI=1S/C20H25NO2/c1-21(2)15-10-11-16-17(14-8-6-5-7-9-14)13-19(22-3)20(23-4)18(16)12-15/h5-9,13,15H,10-12H2,1-4H3. The fourth-order valence-electron chi connectivity index (χ4n) is 3.57. The normalized spacial score (nSPS) is 17.0. The number of hydrogen-bond acceptors (Lipinski definition) is 3. The van der Waals surface area contributed by atoms with E-state index in [0.29, 0.717) is 6.04 Å². The van der Waals surface area contributed by atoms with Crippen molar-refractivity contribution < 1.29 is 9.47 Å². The van der Waals surface area contributed by atoms with Crippen LogP contribution in [0, 0.1) is 0 Å². The Bertz CT molecular complexity index is 680. The molecule has 0 fully saturated rings. The molecule has 3 heteroatoms. The third-order valence-electron chi connectivity index (χ3n) is 4.87. The van der Waals surface area contributed by atoms with Crippen LogP contribution < -0.4 is 9.47 Å². The molecular weight excluding hydrogens is 286 g/mol. The number of methoxy groups -OCH3 is 2. The van der Waals surface area contributed by atoms with Crippen LogP contribution >= 0.6 is 0 Å². The maximum Gasteiger partial charge on any atom is 0.164 e. The predicted octanol–water partition coefficient (Wildman–Crippen LogP) is 3.79. The van der Waals surface area contributed by atoms with Gasteiger partial charge in [0.1, 0.15) is 0 Å². The minimum absolute atomic E-state index is 0.548. The molecule has 0 N–H and O–H groups in total. The molecule has 3 rings (SSSR count). The van der Waals surface area contributed by atoms with Gasteiger partial charge in [0.15, 0.2) is 11.5 Å². The van der Waals surface area contributed by atoms with Gasteiger partial charge in [0, 0.05) is 11.6 Å². The van der Waals surface area contributed by atoms with Gasteiger partial charge in [-0.15, -0.1) is 0 Å². The largest absolute Gasteiger partial charge is 0.493 e. The zero-order valence-corrected chi connectivity index (χ0v) is 14.4. The average Bonchev–Trinajstić information content (AvgIpc) is 2.60. The van der Waals surface area contributed by atoms with E-state index in [1.807, 2.05) is 0 Å². The molecule has 0 radical (unpaired) electrons. The number of benzene rings is 2. The SMILES string of the molecule is COc1cc(-c2ccccc2)c2c(c1OC)CC(N(C)C)CC2. The van der Waals surface area contributed by atoms with Crippen molar-refractivity contribution in [1.29, 1.82) is 0 Å². The van der Waals surface area contributed by atoms with Crippen LogP contribution in [0.3, 0.4) is 0 Å². The van der Waals surface area contributed by atoms with Crippen LogP contribution in [-0.4, -0.2) is 39.3 Å². The summed E-state index contributed by atoms with van der Waals surface area (Å²) >= 11 is 0. The second-order valence-electron chi connectivity index (χ2n) is 6.34. The molecule has 2 aromatic carbocycles. The Hall–Kier alpha value is -2.00. The number of nitrogens with zero attached hydrogens (tertiary/aromatic N) is 1. The Morgan fingerprint density at radius 2 is 1.74 bits per heavy atom. The maximum atomic E-state index is 5.71. The molecule has 0 aliphatic heterocycles. The van der Waals surface area contributed by atoms with Crippen LogP contribution in [0.2, 0.25) is 0 Å². The minimum atomic E-state index is 0.548. The summed E-state index contributed by atoms with van der Waals surface area (Å²) in [5.74, 6) is 1.72. The molecule has 122 valence electrons. The molecule has 0 aromatic heterocycles. The van der Waals surface area contributed by atoms with Crippen LogP contribution in [0.25, 0.3) is 11.1 Å². The van der Waals surface area contributed by atoms with Gasteiger partial charge in [-0.2, -0.15) is 0 Å². The number of likely N-dealkylation sites (N-methyl/N-ethyl adjacent to an activating group) is 1. The summed E-state index contributed by atoms with van der Waals surface area (Å²) in [7, 11) is 7.76. The third kappa shape index (κ3) is 2.93. The zero-order valence-electron chi connectivity index (χ0n) is 14.4. The van der Waals surface area contributed by atoms with Crippen molar-refractivity contribution in [2.75, 3.05) is 28.3 Å². The summed E-state index contributed by atoms with van der Waals surface area (Å²) in [5.41, 5.74) is 5.23. The van der Waals surface area contributed by atoms with Crippen molar-refractivity contribution in [1.82, 2.24) is 4.90 Å². The molecule has 0 saturated carbocycles. The number of ether oxygens (including phenoxy) is 2. The van der Waals surface area contributed by atoms with Crippen LogP contribution in [-0.2, 0) is 12.8 Å². The lowest BCUT2D eigenvalue weighted by molar-refractivity contribution is 0.263. The fraction of sp³-hybridized carbons (Fsp3) is 0.400. The molecule has 23 heavy (non-hydrogen) atoms. The Kier molecular flexibility index (Phi) is 4.58. The average molecular weight is 311 g/mol. The van der Waals surface area contributed by atoms with E-state index < -0.39 is 0 Å². The summed E-state index contributed by atoms with van der Waals surface area (Å²) < 4.78 is 11.3. The van der Waals surface area contributed by atoms with Crippen molar-refractivity contribution in [2.45, 2.75) is 25.3 Å². The van der Waals surface area contributed by atoms with E-state index in [4.69, 9.17) is 9.47 Å². The minimum Gasteiger partial charge on any atom is -0.493 e. The first-order valence-electron chi connectivity index (χ1n) is 8.14. The highest BCUT2D eigenvalue weighted by Gasteiger charge is 2.28. The van der Waals surface area contributed by atoms with Gasteiger partial charge in [-0.05, 0) is 56.1 Å². The first kappa shape index (κ1) is 15.9. The van der Waals surface area contributed by atoms with E-state index in [2.05, 4.69) is 55.4 Å². The number of hydrogen-bond donors (Lipinski definition) is 0. The van der Waals surface area contributed by atoms with Crippen LogP contribution in [0.15, 0.2) is 36.4 Å². The quantitative estimate of drug-likeness (QED) is 0.857. The number of rotatable bonds is 4. The summed E-state index contributed by atoms with van der Waals surface area (Å²) in [5, 5.41) is 0. The van der Waals surface area contributed by atoms with Gasteiger partial charge >= 0.3 is 0 Å². The molecular formula is C20H25NO2. The van der Waals surface area contributed by atoms with Crippen molar-refractivity contribution in [3.05, 3.63) is 47.5 Å². The molecule has 0 heterocycles. The van der Waals surface area contributed by atoms with E-state index in [-0.39, 0.29) is 0 Å². The second kappa shape index (κ2) is 6.63. The van der Waals surface area contributed by atoms with Crippen molar-refractivity contribution >= 4 is 0 Å². The number of fused-ring (bicyclic) bond motifs is 1. The first-order valence-corrected chi connectivity index (χ1v) is 8.14. The van der Waals surface area contributed by atoms with E-state index in [1.54, 1.807) is 14.2 Å². The Labute approximate surface area is 138 Å². The van der Waals surface area contributed by atoms with E-state index in [1.165, 1.54) is 28.7 Å². The van der Waals surface area contributed by atoms with Crippen molar-refractivity contribution in [3.63, 3.8) is 0 Å². The van der Waals surface area contributed by atoms with Gasteiger partial charge in [-0.25, -0.2) is 0 Å². The van der Waals surface area contributed by atoms with E-state index >= 15 is 0 Å². The summed E-state index contributed by atoms with van der Waals surface area (Å²) in [4.78, 5) is 2.31. The fourth-order valence-corrected chi connectivity index (χ4v) is 3.57. The lowest BCUT2D eigenvalue weighted by Crippen LogP contribution is -2.34. The lowest BCUT2D eigenvalue weighted by atomic mass is 9.82. The van der Waals surface area contributed by atoms with Crippen LogP contribution in [0.4, 0.5) is 0 Å². The van der Waals surface area contributed by atoms with Gasteiger partial charge in [0.25, 0.3) is 0 Å². The second-order valence-corrected chi connectivity index (χ2v) is 6.34. The highest BCUT2D eigenvalue weighted by molar-refractivity contribution is 5.74. The van der Waals surface area contributed by atoms with Gasteiger partial charge in [0.05, 0.1) is 14.2 Å². The predicted molar refractivity (Wildman–Crippen MR) is 94.5 cm³/mol. The Morgan fingerprint density at radius 3 is 2.35 bits per heavy atom. The van der Waals surface area contributed by atoms with Crippen LogP contribution in [0.1, 0.15) is 17.5 Å². The topological polar surface area (TPSA) is 21.7 Å². The maximum absolute atomic E-state index is 5.71. The lowest BCUT2D eigenvalue weighted by Gasteiger charge is -2.32. The monoisotopic (exact) mass is 311 g/mol. The Balaban J connectivity index is 2.18. The van der Waals surface area contributed by atoms with Crippen molar-refractivity contribution in [3.8, 4) is 22.6 Å². The summed E-state index contributed by atoms with van der Waals surface area (Å²) in [6.07, 6.45) is 3.25. The molecule has 1 aliphatic carbocycles. The van der Waals surface area contributed by atoms with E-state index in [9.17, 15) is 0 Å². The molecule has 0 bridgehead atoms. The molecule has 3 nitrogen and oxygen atoms in total. The third-order valence-corrected chi connectivity index (χ3v) is 4.87. The summed E-state index contributed by atoms with van der Waals surface area (Å²) in [6.45, 7) is 0. The Morgan fingerprint density at radius 1 is 1.00 bits per heavy atom.